The minimum Gasteiger partial charge on any atom is -0.481 e. The molecule has 0 bridgehead atoms. The summed E-state index contributed by atoms with van der Waals surface area (Å²) in [6, 6.07) is 6.40. The second-order valence-corrected chi connectivity index (χ2v) is 7.86. The van der Waals surface area contributed by atoms with Gasteiger partial charge in [0.1, 0.15) is 0 Å². The fraction of sp³-hybridized carbons (Fsp3) is 0.611. The van der Waals surface area contributed by atoms with Crippen LogP contribution in [0.25, 0.3) is 0 Å². The highest BCUT2D eigenvalue weighted by Crippen LogP contribution is 2.29. The molecular formula is C18H25BrN2O3. The van der Waals surface area contributed by atoms with Crippen molar-refractivity contribution < 1.29 is 14.6 Å². The molecule has 0 amide bonds. The van der Waals surface area contributed by atoms with Crippen molar-refractivity contribution >= 4 is 27.6 Å². The summed E-state index contributed by atoms with van der Waals surface area (Å²) in [5.74, 6) is -0.506. The molecule has 0 aliphatic carbocycles. The van der Waals surface area contributed by atoms with Gasteiger partial charge in [0, 0.05) is 42.9 Å². The Labute approximate surface area is 151 Å². The molecule has 2 aliphatic heterocycles. The highest BCUT2D eigenvalue weighted by atomic mass is 79.9. The molecule has 5 nitrogen and oxygen atoms in total. The summed E-state index contributed by atoms with van der Waals surface area (Å²) in [5, 5.41) is 9.38. The van der Waals surface area contributed by atoms with Gasteiger partial charge in [-0.2, -0.15) is 0 Å². The lowest BCUT2D eigenvalue weighted by Gasteiger charge is -2.36. The molecule has 1 N–H and O–H groups in total. The van der Waals surface area contributed by atoms with Gasteiger partial charge in [-0.05, 0) is 30.0 Å². The smallest absolute Gasteiger partial charge is 0.307 e. The number of carboxylic acid groups (broad SMARTS) is 1. The lowest BCUT2D eigenvalue weighted by Crippen LogP contribution is -2.42. The van der Waals surface area contributed by atoms with Crippen LogP contribution in [-0.2, 0) is 16.1 Å². The number of halogens is 1. The van der Waals surface area contributed by atoms with Crippen LogP contribution in [0.15, 0.2) is 22.7 Å². The molecule has 2 atom stereocenters. The van der Waals surface area contributed by atoms with Gasteiger partial charge < -0.3 is 14.7 Å². The summed E-state index contributed by atoms with van der Waals surface area (Å²) >= 11 is 3.58. The number of carboxylic acids is 1. The van der Waals surface area contributed by atoms with Crippen molar-refractivity contribution in [3.63, 3.8) is 0 Å². The molecule has 2 fully saturated rings. The predicted octanol–water partition coefficient (Wildman–Crippen LogP) is 2.83. The zero-order chi connectivity index (χ0) is 17.1. The largest absolute Gasteiger partial charge is 0.481 e. The lowest BCUT2D eigenvalue weighted by atomic mass is 9.90. The minimum absolute atomic E-state index is 0.254. The summed E-state index contributed by atoms with van der Waals surface area (Å²) in [4.78, 5) is 16.1. The molecule has 1 aromatic rings. The second-order valence-electron chi connectivity index (χ2n) is 6.94. The van der Waals surface area contributed by atoms with Crippen LogP contribution in [0.3, 0.4) is 0 Å². The Hall–Kier alpha value is -1.11. The van der Waals surface area contributed by atoms with E-state index in [1.54, 1.807) is 0 Å². The van der Waals surface area contributed by atoms with E-state index in [4.69, 9.17) is 4.74 Å². The molecule has 0 radical (unpaired) electrons. The van der Waals surface area contributed by atoms with Gasteiger partial charge in [0.2, 0.25) is 0 Å². The Kier molecular flexibility index (Phi) is 5.79. The van der Waals surface area contributed by atoms with Gasteiger partial charge in [0.05, 0.1) is 19.1 Å². The predicted molar refractivity (Wildman–Crippen MR) is 97.4 cm³/mol. The topological polar surface area (TPSA) is 53.0 Å². The quantitative estimate of drug-likeness (QED) is 0.847. The number of rotatable bonds is 4. The summed E-state index contributed by atoms with van der Waals surface area (Å²) in [7, 11) is 0. The van der Waals surface area contributed by atoms with Gasteiger partial charge in [-0.25, -0.2) is 0 Å². The van der Waals surface area contributed by atoms with Crippen molar-refractivity contribution in [1.29, 1.82) is 0 Å². The maximum atomic E-state index is 11.4. The highest BCUT2D eigenvalue weighted by molar-refractivity contribution is 9.10. The Morgan fingerprint density at radius 1 is 1.33 bits per heavy atom. The van der Waals surface area contributed by atoms with Crippen LogP contribution >= 0.6 is 15.9 Å². The first-order valence-corrected chi connectivity index (χ1v) is 9.38. The van der Waals surface area contributed by atoms with Crippen molar-refractivity contribution in [2.45, 2.75) is 19.9 Å². The molecule has 2 saturated heterocycles. The molecular weight excluding hydrogens is 372 g/mol. The molecule has 6 heteroatoms. The van der Waals surface area contributed by atoms with E-state index in [0.29, 0.717) is 12.5 Å². The van der Waals surface area contributed by atoms with Gasteiger partial charge in [-0.15, -0.1) is 0 Å². The van der Waals surface area contributed by atoms with Crippen molar-refractivity contribution in [3.8, 4) is 0 Å². The second kappa shape index (κ2) is 7.85. The van der Waals surface area contributed by atoms with E-state index in [9.17, 15) is 9.90 Å². The average Bonchev–Trinajstić information content (AvgIpc) is 2.57. The van der Waals surface area contributed by atoms with Gasteiger partial charge in [0.25, 0.3) is 0 Å². The normalized spacial score (nSPS) is 25.7. The first-order valence-electron chi connectivity index (χ1n) is 8.59. The number of piperidine rings is 1. The molecule has 2 heterocycles. The van der Waals surface area contributed by atoms with Crippen LogP contribution in [-0.4, -0.2) is 55.4 Å². The van der Waals surface area contributed by atoms with E-state index in [2.05, 4.69) is 50.9 Å². The number of hydrogen-bond acceptors (Lipinski definition) is 4. The van der Waals surface area contributed by atoms with Crippen LogP contribution in [0.1, 0.15) is 18.9 Å². The van der Waals surface area contributed by atoms with E-state index >= 15 is 0 Å². The molecule has 24 heavy (non-hydrogen) atoms. The van der Waals surface area contributed by atoms with Gasteiger partial charge in [0.15, 0.2) is 0 Å². The zero-order valence-electron chi connectivity index (χ0n) is 14.1. The molecule has 0 spiro atoms. The van der Waals surface area contributed by atoms with Crippen molar-refractivity contribution in [3.05, 3.63) is 28.2 Å². The van der Waals surface area contributed by atoms with Crippen molar-refractivity contribution in [1.82, 2.24) is 4.90 Å². The van der Waals surface area contributed by atoms with Crippen molar-refractivity contribution in [2.24, 2.45) is 11.8 Å². The monoisotopic (exact) mass is 396 g/mol. The van der Waals surface area contributed by atoms with Crippen LogP contribution in [0.2, 0.25) is 0 Å². The van der Waals surface area contributed by atoms with Crippen LogP contribution in [0.5, 0.6) is 0 Å². The van der Waals surface area contributed by atoms with E-state index in [1.165, 1.54) is 11.3 Å². The number of carbonyl (C=O) groups is 1. The van der Waals surface area contributed by atoms with Gasteiger partial charge in [-0.1, -0.05) is 28.9 Å². The standard InChI is InChI=1S/C18H25BrN2O3/c1-13-8-15(18(22)23)12-20(10-13)11-14-2-3-16(19)9-17(14)21-4-6-24-7-5-21/h2-3,9,13,15H,4-8,10-12H2,1H3,(H,22,23). The first kappa shape index (κ1) is 17.7. The van der Waals surface area contributed by atoms with Crippen LogP contribution in [0.4, 0.5) is 5.69 Å². The Bertz CT molecular complexity index is 590. The third kappa shape index (κ3) is 4.29. The average molecular weight is 397 g/mol. The summed E-state index contributed by atoms with van der Waals surface area (Å²) < 4.78 is 6.54. The number of nitrogens with zero attached hydrogens (tertiary/aromatic N) is 2. The third-order valence-corrected chi connectivity index (χ3v) is 5.37. The highest BCUT2D eigenvalue weighted by Gasteiger charge is 2.30. The van der Waals surface area contributed by atoms with Gasteiger partial charge in [-0.3, -0.25) is 9.69 Å². The summed E-state index contributed by atoms with van der Waals surface area (Å²) in [6.45, 7) is 7.86. The van der Waals surface area contributed by atoms with E-state index in [-0.39, 0.29) is 5.92 Å². The number of aliphatic carboxylic acids is 1. The molecule has 2 aliphatic rings. The summed E-state index contributed by atoms with van der Waals surface area (Å²) in [6.07, 6.45) is 0.780. The van der Waals surface area contributed by atoms with E-state index in [1.807, 2.05) is 0 Å². The lowest BCUT2D eigenvalue weighted by molar-refractivity contribution is -0.144. The van der Waals surface area contributed by atoms with E-state index < -0.39 is 5.97 Å². The zero-order valence-corrected chi connectivity index (χ0v) is 15.7. The Balaban J connectivity index is 1.77. The number of hydrogen-bond donors (Lipinski definition) is 1. The maximum Gasteiger partial charge on any atom is 0.307 e. The van der Waals surface area contributed by atoms with Crippen LogP contribution in [0, 0.1) is 11.8 Å². The van der Waals surface area contributed by atoms with Crippen molar-refractivity contribution in [2.75, 3.05) is 44.3 Å². The SMILES string of the molecule is CC1CC(C(=O)O)CN(Cc2ccc(Br)cc2N2CCOCC2)C1. The molecule has 2 unspecified atom stereocenters. The van der Waals surface area contributed by atoms with Gasteiger partial charge >= 0.3 is 5.97 Å². The Morgan fingerprint density at radius 2 is 2.08 bits per heavy atom. The number of anilines is 1. The van der Waals surface area contributed by atoms with Crippen LogP contribution < -0.4 is 4.90 Å². The number of ether oxygens (including phenoxy) is 1. The first-order chi connectivity index (χ1) is 11.5. The fourth-order valence-electron chi connectivity index (χ4n) is 3.78. The third-order valence-electron chi connectivity index (χ3n) is 4.88. The number of likely N-dealkylation sites (tertiary alicyclic amines) is 1. The molecule has 0 saturated carbocycles. The summed E-state index contributed by atoms with van der Waals surface area (Å²) in [5.41, 5.74) is 2.50. The Morgan fingerprint density at radius 3 is 2.79 bits per heavy atom. The minimum atomic E-state index is -0.671. The molecule has 0 aromatic heterocycles. The molecule has 132 valence electrons. The number of benzene rings is 1. The van der Waals surface area contributed by atoms with E-state index in [0.717, 1.165) is 50.3 Å². The maximum absolute atomic E-state index is 11.4. The molecule has 3 rings (SSSR count). The fourth-order valence-corrected chi connectivity index (χ4v) is 4.13. The number of morpholine rings is 1. The molecule has 1 aromatic carbocycles.